The van der Waals surface area contributed by atoms with Gasteiger partial charge in [0.05, 0.1) is 19.9 Å². The van der Waals surface area contributed by atoms with Crippen LogP contribution in [0.15, 0.2) is 42.1 Å². The van der Waals surface area contributed by atoms with E-state index in [2.05, 4.69) is 5.32 Å². The second-order valence-corrected chi connectivity index (χ2v) is 6.76. The average molecular weight is 384 g/mol. The van der Waals surface area contributed by atoms with Crippen LogP contribution in [0.2, 0.25) is 0 Å². The summed E-state index contributed by atoms with van der Waals surface area (Å²) in [5.74, 6) is 1.17. The first kappa shape index (κ1) is 21.0. The van der Waals surface area contributed by atoms with Gasteiger partial charge in [0.1, 0.15) is 17.2 Å². The number of amides is 1. The van der Waals surface area contributed by atoms with E-state index >= 15 is 0 Å². The van der Waals surface area contributed by atoms with Crippen molar-refractivity contribution in [2.45, 2.75) is 13.8 Å². The first-order chi connectivity index (χ1) is 13.3. The molecule has 0 aliphatic heterocycles. The standard InChI is InChI=1S/C21H28N4O3/c1-12(2)11-25-21(26)20(24)19(23)15-7-5-6-14(18(15)22)16-10-13(27-3)8-9-17(16)28-4/h5-10,12H,11,22-24H2,1-4H3,(H,25,26)/b20-19+. The summed E-state index contributed by atoms with van der Waals surface area (Å²) in [6.45, 7) is 4.49. The number of nitrogens with one attached hydrogen (secondary N) is 1. The van der Waals surface area contributed by atoms with Crippen molar-refractivity contribution < 1.29 is 14.3 Å². The zero-order chi connectivity index (χ0) is 20.8. The Morgan fingerprint density at radius 2 is 1.79 bits per heavy atom. The number of para-hydroxylation sites is 1. The molecule has 0 bridgehead atoms. The van der Waals surface area contributed by atoms with Gasteiger partial charge in [-0.05, 0) is 24.1 Å². The summed E-state index contributed by atoms with van der Waals surface area (Å²) in [5, 5.41) is 2.75. The van der Waals surface area contributed by atoms with E-state index in [-0.39, 0.29) is 11.4 Å². The molecule has 0 atom stereocenters. The number of anilines is 1. The van der Waals surface area contributed by atoms with E-state index < -0.39 is 5.91 Å². The normalized spacial score (nSPS) is 11.8. The lowest BCUT2D eigenvalue weighted by molar-refractivity contribution is -0.117. The van der Waals surface area contributed by atoms with Gasteiger partial charge in [-0.1, -0.05) is 32.0 Å². The maximum Gasteiger partial charge on any atom is 0.269 e. The number of carbonyl (C=O) groups excluding carboxylic acids is 1. The highest BCUT2D eigenvalue weighted by Crippen LogP contribution is 2.38. The molecule has 0 aliphatic carbocycles. The van der Waals surface area contributed by atoms with Crippen LogP contribution >= 0.6 is 0 Å². The Morgan fingerprint density at radius 1 is 1.07 bits per heavy atom. The molecule has 0 saturated heterocycles. The van der Waals surface area contributed by atoms with Gasteiger partial charge in [0.2, 0.25) is 0 Å². The minimum absolute atomic E-state index is 0.0675. The SMILES string of the molecule is COc1ccc(OC)c(-c2cccc(/C(N)=C(\N)C(=O)NCC(C)C)c2N)c1. The Bertz CT molecular complexity index is 891. The van der Waals surface area contributed by atoms with Crippen molar-refractivity contribution in [3.05, 3.63) is 47.7 Å². The van der Waals surface area contributed by atoms with Gasteiger partial charge >= 0.3 is 0 Å². The van der Waals surface area contributed by atoms with E-state index in [9.17, 15) is 4.79 Å². The van der Waals surface area contributed by atoms with Crippen LogP contribution in [0.5, 0.6) is 11.5 Å². The molecular weight excluding hydrogens is 356 g/mol. The number of hydrogen-bond donors (Lipinski definition) is 4. The Kier molecular flexibility index (Phi) is 6.76. The molecule has 0 aliphatic rings. The highest BCUT2D eigenvalue weighted by atomic mass is 16.5. The molecule has 150 valence electrons. The van der Waals surface area contributed by atoms with Gasteiger partial charge in [0.25, 0.3) is 5.91 Å². The number of carbonyl (C=O) groups is 1. The number of nitrogens with two attached hydrogens (primary N) is 3. The summed E-state index contributed by atoms with van der Waals surface area (Å²) in [5.41, 5.74) is 20.9. The minimum Gasteiger partial charge on any atom is -0.497 e. The topological polar surface area (TPSA) is 126 Å². The van der Waals surface area contributed by atoms with Crippen LogP contribution in [0, 0.1) is 5.92 Å². The summed E-state index contributed by atoms with van der Waals surface area (Å²) >= 11 is 0. The van der Waals surface area contributed by atoms with Gasteiger partial charge in [-0.2, -0.15) is 0 Å². The molecule has 2 aromatic rings. The first-order valence-electron chi connectivity index (χ1n) is 8.94. The van der Waals surface area contributed by atoms with E-state index in [1.165, 1.54) is 0 Å². The van der Waals surface area contributed by atoms with Crippen LogP contribution in [0.1, 0.15) is 19.4 Å². The van der Waals surface area contributed by atoms with Gasteiger partial charge in [-0.25, -0.2) is 0 Å². The molecule has 2 aromatic carbocycles. The maximum absolute atomic E-state index is 12.3. The summed E-state index contributed by atoms with van der Waals surface area (Å²) in [6, 6.07) is 10.8. The summed E-state index contributed by atoms with van der Waals surface area (Å²) in [4.78, 5) is 12.3. The van der Waals surface area contributed by atoms with E-state index in [1.54, 1.807) is 38.5 Å². The van der Waals surface area contributed by atoms with Crippen LogP contribution in [0.4, 0.5) is 5.69 Å². The molecule has 0 aromatic heterocycles. The molecular formula is C21H28N4O3. The highest BCUT2D eigenvalue weighted by molar-refractivity contribution is 6.01. The summed E-state index contributed by atoms with van der Waals surface area (Å²) in [7, 11) is 3.17. The molecule has 0 saturated carbocycles. The highest BCUT2D eigenvalue weighted by Gasteiger charge is 2.17. The lowest BCUT2D eigenvalue weighted by Crippen LogP contribution is -2.33. The second-order valence-electron chi connectivity index (χ2n) is 6.76. The van der Waals surface area contributed by atoms with Gasteiger partial charge < -0.3 is 32.0 Å². The van der Waals surface area contributed by atoms with Crippen LogP contribution < -0.4 is 32.0 Å². The van der Waals surface area contributed by atoms with Gasteiger partial charge in [-0.15, -0.1) is 0 Å². The number of methoxy groups -OCH3 is 2. The van der Waals surface area contributed by atoms with Crippen molar-refractivity contribution in [3.8, 4) is 22.6 Å². The zero-order valence-corrected chi connectivity index (χ0v) is 16.7. The lowest BCUT2D eigenvalue weighted by Gasteiger charge is -2.16. The molecule has 0 heterocycles. The molecule has 0 spiro atoms. The van der Waals surface area contributed by atoms with E-state index in [0.717, 1.165) is 5.56 Å². The molecule has 7 N–H and O–H groups in total. The van der Waals surface area contributed by atoms with Crippen molar-refractivity contribution in [2.75, 3.05) is 26.5 Å². The number of nitrogen functional groups attached to an aromatic ring is 1. The zero-order valence-electron chi connectivity index (χ0n) is 16.7. The maximum atomic E-state index is 12.3. The molecule has 0 unspecified atom stereocenters. The third-order valence-electron chi connectivity index (χ3n) is 4.30. The van der Waals surface area contributed by atoms with Crippen molar-refractivity contribution in [1.29, 1.82) is 0 Å². The smallest absolute Gasteiger partial charge is 0.269 e. The molecule has 2 rings (SSSR count). The minimum atomic E-state index is -0.421. The largest absolute Gasteiger partial charge is 0.497 e. The van der Waals surface area contributed by atoms with Crippen LogP contribution in [0.25, 0.3) is 16.8 Å². The van der Waals surface area contributed by atoms with Crippen LogP contribution in [0.3, 0.4) is 0 Å². The third kappa shape index (κ3) is 4.49. The van der Waals surface area contributed by atoms with Gasteiger partial charge in [0, 0.05) is 28.9 Å². The fourth-order valence-electron chi connectivity index (χ4n) is 2.72. The Hall–Kier alpha value is -3.35. The van der Waals surface area contributed by atoms with Crippen molar-refractivity contribution in [2.24, 2.45) is 17.4 Å². The van der Waals surface area contributed by atoms with Crippen LogP contribution in [-0.2, 0) is 4.79 Å². The predicted molar refractivity (Wildman–Crippen MR) is 113 cm³/mol. The third-order valence-corrected chi connectivity index (χ3v) is 4.30. The van der Waals surface area contributed by atoms with Gasteiger partial charge in [-0.3, -0.25) is 4.79 Å². The van der Waals surface area contributed by atoms with Crippen molar-refractivity contribution in [3.63, 3.8) is 0 Å². The molecule has 0 fully saturated rings. The molecule has 28 heavy (non-hydrogen) atoms. The molecule has 7 nitrogen and oxygen atoms in total. The Labute approximate surface area is 165 Å². The number of rotatable bonds is 7. The Balaban J connectivity index is 2.51. The summed E-state index contributed by atoms with van der Waals surface area (Å²) < 4.78 is 10.8. The lowest BCUT2D eigenvalue weighted by atomic mass is 9.97. The van der Waals surface area contributed by atoms with Crippen LogP contribution in [-0.4, -0.2) is 26.7 Å². The second kappa shape index (κ2) is 9.03. The molecule has 1 amide bonds. The fourth-order valence-corrected chi connectivity index (χ4v) is 2.72. The van der Waals surface area contributed by atoms with E-state index in [4.69, 9.17) is 26.7 Å². The quantitative estimate of drug-likeness (QED) is 0.429. The monoisotopic (exact) mass is 384 g/mol. The first-order valence-corrected chi connectivity index (χ1v) is 8.94. The fraction of sp³-hybridized carbons (Fsp3) is 0.286. The average Bonchev–Trinajstić information content (AvgIpc) is 2.70. The van der Waals surface area contributed by atoms with E-state index in [1.807, 2.05) is 26.0 Å². The summed E-state index contributed by atoms with van der Waals surface area (Å²) in [6.07, 6.45) is 0. The molecule has 0 radical (unpaired) electrons. The van der Waals surface area contributed by atoms with Crippen molar-refractivity contribution >= 4 is 17.3 Å². The van der Waals surface area contributed by atoms with Gasteiger partial charge in [0.15, 0.2) is 0 Å². The Morgan fingerprint density at radius 3 is 2.39 bits per heavy atom. The van der Waals surface area contributed by atoms with E-state index in [0.29, 0.717) is 40.8 Å². The predicted octanol–water partition coefficient (Wildman–Crippen LogP) is 2.31. The number of benzene rings is 2. The number of hydrogen-bond acceptors (Lipinski definition) is 6. The van der Waals surface area contributed by atoms with Crippen molar-refractivity contribution in [1.82, 2.24) is 5.32 Å². The molecule has 7 heteroatoms. The number of ether oxygens (including phenoxy) is 2.